The summed E-state index contributed by atoms with van der Waals surface area (Å²) in [6, 6.07) is 6.23. The molecule has 0 aliphatic carbocycles. The zero-order valence-electron chi connectivity index (χ0n) is 8.96. The van der Waals surface area contributed by atoms with Crippen LogP contribution in [0.5, 0.6) is 0 Å². The summed E-state index contributed by atoms with van der Waals surface area (Å²) >= 11 is 7.05. The molecule has 1 aromatic carbocycles. The monoisotopic (exact) mass is 269 g/mol. The zero-order valence-corrected chi connectivity index (χ0v) is 10.5. The van der Waals surface area contributed by atoms with Crippen LogP contribution in [0.1, 0.15) is 15.2 Å². The number of carbonyl (C=O) groups is 1. The van der Waals surface area contributed by atoms with Crippen LogP contribution in [-0.2, 0) is 0 Å². The Morgan fingerprint density at radius 3 is 2.65 bits per heavy atom. The topological polar surface area (TPSA) is 43.1 Å². The molecule has 0 bridgehead atoms. The van der Waals surface area contributed by atoms with Crippen LogP contribution >= 0.6 is 22.9 Å². The van der Waals surface area contributed by atoms with Crippen LogP contribution in [0, 0.1) is 12.7 Å². The number of thiophene rings is 1. The van der Waals surface area contributed by atoms with Gasteiger partial charge in [0.15, 0.2) is 0 Å². The predicted molar refractivity (Wildman–Crippen MR) is 68.0 cm³/mol. The molecule has 0 fully saturated rings. The molecule has 2 N–H and O–H groups in total. The van der Waals surface area contributed by atoms with Crippen molar-refractivity contribution in [3.05, 3.63) is 44.9 Å². The van der Waals surface area contributed by atoms with E-state index in [0.29, 0.717) is 21.0 Å². The van der Waals surface area contributed by atoms with E-state index in [2.05, 4.69) is 0 Å². The lowest BCUT2D eigenvalue weighted by molar-refractivity contribution is 0.100. The average molecular weight is 270 g/mol. The second-order valence-corrected chi connectivity index (χ2v) is 5.17. The van der Waals surface area contributed by atoms with Gasteiger partial charge in [-0.2, -0.15) is 0 Å². The third-order valence-electron chi connectivity index (χ3n) is 2.46. The average Bonchev–Trinajstić information content (AvgIpc) is 2.57. The fourth-order valence-corrected chi connectivity index (χ4v) is 2.87. The molecule has 17 heavy (non-hydrogen) atoms. The van der Waals surface area contributed by atoms with E-state index in [1.165, 1.54) is 6.07 Å². The van der Waals surface area contributed by atoms with Crippen molar-refractivity contribution in [2.24, 2.45) is 5.73 Å². The molecule has 1 heterocycles. The van der Waals surface area contributed by atoms with Crippen LogP contribution in [0.2, 0.25) is 4.34 Å². The van der Waals surface area contributed by atoms with Gasteiger partial charge in [0.1, 0.15) is 10.7 Å². The Morgan fingerprint density at radius 1 is 1.41 bits per heavy atom. The molecule has 1 aromatic heterocycles. The first-order valence-corrected chi connectivity index (χ1v) is 6.05. The summed E-state index contributed by atoms with van der Waals surface area (Å²) in [4.78, 5) is 11.6. The van der Waals surface area contributed by atoms with Crippen molar-refractivity contribution in [2.45, 2.75) is 6.92 Å². The maximum Gasteiger partial charge on any atom is 0.259 e. The highest BCUT2D eigenvalue weighted by Gasteiger charge is 2.21. The summed E-state index contributed by atoms with van der Waals surface area (Å²) in [6.45, 7) is 1.74. The van der Waals surface area contributed by atoms with Crippen molar-refractivity contribution in [1.82, 2.24) is 0 Å². The van der Waals surface area contributed by atoms with Gasteiger partial charge in [-0.15, -0.1) is 11.3 Å². The number of hydrogen-bond acceptors (Lipinski definition) is 2. The van der Waals surface area contributed by atoms with Gasteiger partial charge in [-0.1, -0.05) is 29.8 Å². The molecule has 2 rings (SSSR count). The fourth-order valence-electron chi connectivity index (χ4n) is 1.65. The van der Waals surface area contributed by atoms with Crippen LogP contribution in [0.4, 0.5) is 4.39 Å². The quantitative estimate of drug-likeness (QED) is 0.889. The van der Waals surface area contributed by atoms with Crippen molar-refractivity contribution in [2.75, 3.05) is 0 Å². The number of carbonyl (C=O) groups excluding carboxylic acids is 1. The Balaban J connectivity index is 2.75. The zero-order chi connectivity index (χ0) is 12.6. The van der Waals surface area contributed by atoms with Crippen LogP contribution in [0.3, 0.4) is 0 Å². The number of benzene rings is 1. The molecular formula is C12H9ClFNOS. The number of hydrogen-bond donors (Lipinski definition) is 1. The molecule has 0 atom stereocenters. The molecule has 0 unspecified atom stereocenters. The normalized spacial score (nSPS) is 10.5. The van der Waals surface area contributed by atoms with Gasteiger partial charge in [-0.05, 0) is 18.6 Å². The highest BCUT2D eigenvalue weighted by atomic mass is 35.5. The second-order valence-electron chi connectivity index (χ2n) is 3.55. The van der Waals surface area contributed by atoms with Gasteiger partial charge in [-0.25, -0.2) is 4.39 Å². The molecule has 1 amide bonds. The summed E-state index contributed by atoms with van der Waals surface area (Å²) < 4.78 is 14.2. The lowest BCUT2D eigenvalue weighted by atomic mass is 10.0. The number of amides is 1. The Labute approximate surface area is 107 Å². The maximum absolute atomic E-state index is 13.7. The van der Waals surface area contributed by atoms with Gasteiger partial charge in [0, 0.05) is 11.1 Å². The van der Waals surface area contributed by atoms with Crippen LogP contribution < -0.4 is 5.73 Å². The Hall–Kier alpha value is -1.39. The minimum absolute atomic E-state index is 0.289. The van der Waals surface area contributed by atoms with Gasteiger partial charge >= 0.3 is 0 Å². The number of nitrogens with two attached hydrogens (primary N) is 1. The van der Waals surface area contributed by atoms with Crippen LogP contribution in [-0.4, -0.2) is 5.91 Å². The minimum Gasteiger partial charge on any atom is -0.365 e. The van der Waals surface area contributed by atoms with Crippen LogP contribution in [0.25, 0.3) is 11.1 Å². The molecule has 88 valence electrons. The Bertz CT molecular complexity index is 594. The number of primary amides is 1. The predicted octanol–water partition coefficient (Wildman–Crippen LogP) is 3.61. The molecule has 2 aromatic rings. The summed E-state index contributed by atoms with van der Waals surface area (Å²) in [7, 11) is 0. The highest BCUT2D eigenvalue weighted by Crippen LogP contribution is 2.39. The Kier molecular flexibility index (Phi) is 3.17. The van der Waals surface area contributed by atoms with Crippen LogP contribution in [0.15, 0.2) is 24.3 Å². The van der Waals surface area contributed by atoms with E-state index in [9.17, 15) is 9.18 Å². The standard InChI is InChI=1S/C12H9ClFNOS/c1-6-9(7-4-2-3-5-8(7)14)10(12(15)16)17-11(6)13/h2-5H,1H3,(H2,15,16). The van der Waals surface area contributed by atoms with E-state index in [0.717, 1.165) is 11.3 Å². The Morgan fingerprint density at radius 2 is 2.06 bits per heavy atom. The van der Waals surface area contributed by atoms with Gasteiger partial charge < -0.3 is 5.73 Å². The first kappa shape index (κ1) is 12.1. The van der Waals surface area contributed by atoms with Gasteiger partial charge in [0.05, 0.1) is 4.34 Å². The summed E-state index contributed by atoms with van der Waals surface area (Å²) in [5, 5.41) is 0. The molecule has 0 aliphatic heterocycles. The molecule has 2 nitrogen and oxygen atoms in total. The lowest BCUT2D eigenvalue weighted by Gasteiger charge is -2.04. The van der Waals surface area contributed by atoms with E-state index in [-0.39, 0.29) is 4.88 Å². The fraction of sp³-hybridized carbons (Fsp3) is 0.0833. The van der Waals surface area contributed by atoms with Crippen molar-refractivity contribution in [1.29, 1.82) is 0 Å². The first-order chi connectivity index (χ1) is 8.02. The molecular weight excluding hydrogens is 261 g/mol. The van der Waals surface area contributed by atoms with Gasteiger partial charge in [0.2, 0.25) is 0 Å². The highest BCUT2D eigenvalue weighted by molar-refractivity contribution is 7.18. The van der Waals surface area contributed by atoms with Crippen molar-refractivity contribution in [3.63, 3.8) is 0 Å². The van der Waals surface area contributed by atoms with E-state index in [1.807, 2.05) is 0 Å². The summed E-state index contributed by atoms with van der Waals surface area (Å²) in [5.74, 6) is -0.990. The molecule has 0 radical (unpaired) electrons. The van der Waals surface area contributed by atoms with Crippen molar-refractivity contribution in [3.8, 4) is 11.1 Å². The van der Waals surface area contributed by atoms with Crippen molar-refractivity contribution >= 4 is 28.8 Å². The van der Waals surface area contributed by atoms with Gasteiger partial charge in [0.25, 0.3) is 5.91 Å². The smallest absolute Gasteiger partial charge is 0.259 e. The third-order valence-corrected chi connectivity index (χ3v) is 4.07. The maximum atomic E-state index is 13.7. The van der Waals surface area contributed by atoms with E-state index >= 15 is 0 Å². The lowest BCUT2D eigenvalue weighted by Crippen LogP contribution is -2.10. The SMILES string of the molecule is Cc1c(Cl)sc(C(N)=O)c1-c1ccccc1F. The minimum atomic E-state index is -0.594. The van der Waals surface area contributed by atoms with E-state index < -0.39 is 11.7 Å². The second kappa shape index (κ2) is 4.47. The molecule has 0 saturated carbocycles. The van der Waals surface area contributed by atoms with E-state index in [4.69, 9.17) is 17.3 Å². The number of halogens is 2. The number of rotatable bonds is 2. The molecule has 5 heteroatoms. The summed E-state index contributed by atoms with van der Waals surface area (Å²) in [5.41, 5.74) is 6.79. The molecule has 0 saturated heterocycles. The third kappa shape index (κ3) is 2.06. The largest absolute Gasteiger partial charge is 0.365 e. The van der Waals surface area contributed by atoms with Gasteiger partial charge in [-0.3, -0.25) is 4.79 Å². The van der Waals surface area contributed by atoms with E-state index in [1.54, 1.807) is 25.1 Å². The summed E-state index contributed by atoms with van der Waals surface area (Å²) in [6.07, 6.45) is 0. The van der Waals surface area contributed by atoms with Crippen molar-refractivity contribution < 1.29 is 9.18 Å². The molecule has 0 aliphatic rings. The molecule has 0 spiro atoms. The first-order valence-electron chi connectivity index (χ1n) is 4.86.